The van der Waals surface area contributed by atoms with E-state index in [-0.39, 0.29) is 35.6 Å². The normalized spacial score (nSPS) is 16.0. The Bertz CT molecular complexity index is 958. The van der Waals surface area contributed by atoms with Gasteiger partial charge < -0.3 is 10.1 Å². The summed E-state index contributed by atoms with van der Waals surface area (Å²) in [4.78, 5) is 12.3. The highest BCUT2D eigenvalue weighted by Gasteiger charge is 2.34. The molecule has 3 rings (SSSR count). The number of amides is 1. The minimum atomic E-state index is -3.90. The third-order valence-electron chi connectivity index (χ3n) is 4.68. The Morgan fingerprint density at radius 1 is 1.18 bits per heavy atom. The summed E-state index contributed by atoms with van der Waals surface area (Å²) in [6.45, 7) is 0.375. The van der Waals surface area contributed by atoms with Gasteiger partial charge in [0.05, 0.1) is 7.11 Å². The van der Waals surface area contributed by atoms with Gasteiger partial charge in [-0.3, -0.25) is 4.79 Å². The van der Waals surface area contributed by atoms with E-state index in [9.17, 15) is 17.6 Å². The summed E-state index contributed by atoms with van der Waals surface area (Å²) in [5.74, 6) is -0.951. The van der Waals surface area contributed by atoms with Gasteiger partial charge in [0, 0.05) is 28.3 Å². The molecule has 9 heteroatoms. The Morgan fingerprint density at radius 3 is 2.43 bits per heavy atom. The molecule has 2 aromatic carbocycles. The molecule has 1 amide bonds. The lowest BCUT2D eigenvalue weighted by molar-refractivity contribution is -0.120. The molecule has 0 aromatic heterocycles. The second-order valence-electron chi connectivity index (χ2n) is 6.47. The van der Waals surface area contributed by atoms with Gasteiger partial charge in [-0.15, -0.1) is 0 Å². The van der Waals surface area contributed by atoms with Crippen molar-refractivity contribution in [3.8, 4) is 5.75 Å². The number of hydrogen-bond acceptors (Lipinski definition) is 4. The number of halogens is 2. The molecule has 0 radical (unpaired) electrons. The van der Waals surface area contributed by atoms with Crippen LogP contribution in [0.25, 0.3) is 0 Å². The van der Waals surface area contributed by atoms with Gasteiger partial charge in [0.1, 0.15) is 16.5 Å². The number of rotatable bonds is 5. The number of piperidine rings is 1. The first kappa shape index (κ1) is 21.0. The molecule has 28 heavy (non-hydrogen) atoms. The number of carbonyl (C=O) groups excluding carboxylic acids is 1. The van der Waals surface area contributed by atoms with E-state index in [1.807, 2.05) is 24.3 Å². The van der Waals surface area contributed by atoms with Crippen LogP contribution in [-0.4, -0.2) is 38.8 Å². The quantitative estimate of drug-likeness (QED) is 0.616. The molecule has 1 heterocycles. The Balaban J connectivity index is 1.67. The minimum absolute atomic E-state index is 0.0972. The average molecular weight is 518 g/mol. The van der Waals surface area contributed by atoms with Crippen LogP contribution in [-0.2, 0) is 14.8 Å². The Labute approximate surface area is 177 Å². The Kier molecular flexibility index (Phi) is 6.56. The third-order valence-corrected chi connectivity index (χ3v) is 7.32. The van der Waals surface area contributed by atoms with Crippen LogP contribution in [0.3, 0.4) is 0 Å². The highest BCUT2D eigenvalue weighted by molar-refractivity contribution is 14.1. The van der Waals surface area contributed by atoms with Crippen molar-refractivity contribution in [2.24, 2.45) is 5.92 Å². The van der Waals surface area contributed by atoms with E-state index in [2.05, 4.69) is 27.9 Å². The zero-order chi connectivity index (χ0) is 20.3. The van der Waals surface area contributed by atoms with Gasteiger partial charge in [0.15, 0.2) is 0 Å². The Hall–Kier alpha value is -1.72. The number of nitrogens with one attached hydrogen (secondary N) is 1. The summed E-state index contributed by atoms with van der Waals surface area (Å²) >= 11 is 2.19. The molecule has 0 atom stereocenters. The van der Waals surface area contributed by atoms with E-state index in [4.69, 9.17) is 4.74 Å². The smallest absolute Gasteiger partial charge is 0.246 e. The zero-order valence-corrected chi connectivity index (χ0v) is 18.2. The molecule has 1 fully saturated rings. The summed E-state index contributed by atoms with van der Waals surface area (Å²) in [7, 11) is -2.56. The maximum atomic E-state index is 13.6. The monoisotopic (exact) mass is 518 g/mol. The second kappa shape index (κ2) is 8.75. The molecule has 1 saturated heterocycles. The number of benzene rings is 2. The van der Waals surface area contributed by atoms with Crippen molar-refractivity contribution in [3.63, 3.8) is 0 Å². The molecule has 1 aliphatic rings. The molecular formula is C19H20FIN2O4S. The lowest BCUT2D eigenvalue weighted by atomic mass is 9.97. The number of hydrogen-bond donors (Lipinski definition) is 1. The standard InChI is InChI=1S/C19H20FIN2O4S/c1-27-17-7-2-14(20)12-18(17)28(25,26)23-10-8-13(9-11-23)19(24)22-16-5-3-15(21)4-6-16/h2-7,12-13H,8-11H2,1H3,(H,22,24). The highest BCUT2D eigenvalue weighted by Crippen LogP contribution is 2.30. The number of ether oxygens (including phenoxy) is 1. The van der Waals surface area contributed by atoms with E-state index in [0.29, 0.717) is 18.5 Å². The van der Waals surface area contributed by atoms with Gasteiger partial charge in [0.25, 0.3) is 0 Å². The summed E-state index contributed by atoms with van der Waals surface area (Å²) in [6, 6.07) is 10.9. The van der Waals surface area contributed by atoms with Crippen LogP contribution in [0.15, 0.2) is 47.4 Å². The zero-order valence-electron chi connectivity index (χ0n) is 15.2. The topological polar surface area (TPSA) is 75.7 Å². The van der Waals surface area contributed by atoms with Gasteiger partial charge in [0.2, 0.25) is 15.9 Å². The lowest BCUT2D eigenvalue weighted by Crippen LogP contribution is -2.41. The molecule has 1 N–H and O–H groups in total. The van der Waals surface area contributed by atoms with Gasteiger partial charge in [-0.2, -0.15) is 4.31 Å². The molecule has 0 bridgehead atoms. The summed E-state index contributed by atoms with van der Waals surface area (Å²) in [5.41, 5.74) is 0.713. The first-order valence-corrected chi connectivity index (χ1v) is 11.2. The largest absolute Gasteiger partial charge is 0.495 e. The minimum Gasteiger partial charge on any atom is -0.495 e. The van der Waals surface area contributed by atoms with Crippen LogP contribution in [0.2, 0.25) is 0 Å². The van der Waals surface area contributed by atoms with E-state index >= 15 is 0 Å². The van der Waals surface area contributed by atoms with Crippen LogP contribution in [0.1, 0.15) is 12.8 Å². The van der Waals surface area contributed by atoms with Crippen LogP contribution in [0.5, 0.6) is 5.75 Å². The fourth-order valence-electron chi connectivity index (χ4n) is 3.13. The highest BCUT2D eigenvalue weighted by atomic mass is 127. The SMILES string of the molecule is COc1ccc(F)cc1S(=O)(=O)N1CCC(C(=O)Nc2ccc(I)cc2)CC1. The van der Waals surface area contributed by atoms with E-state index in [0.717, 1.165) is 15.7 Å². The third kappa shape index (κ3) is 4.64. The van der Waals surface area contributed by atoms with Crippen LogP contribution < -0.4 is 10.1 Å². The molecular weight excluding hydrogens is 498 g/mol. The maximum absolute atomic E-state index is 13.6. The predicted octanol–water partition coefficient (Wildman–Crippen LogP) is 3.48. The number of nitrogens with zero attached hydrogens (tertiary/aromatic N) is 1. The van der Waals surface area contributed by atoms with Crippen molar-refractivity contribution in [2.75, 3.05) is 25.5 Å². The molecule has 0 spiro atoms. The molecule has 0 unspecified atom stereocenters. The van der Waals surface area contributed by atoms with Gasteiger partial charge in [-0.05, 0) is 77.9 Å². The van der Waals surface area contributed by atoms with Gasteiger partial charge >= 0.3 is 0 Å². The first-order chi connectivity index (χ1) is 13.3. The van der Waals surface area contributed by atoms with Crippen molar-refractivity contribution in [2.45, 2.75) is 17.7 Å². The number of anilines is 1. The van der Waals surface area contributed by atoms with Crippen molar-refractivity contribution in [1.82, 2.24) is 4.31 Å². The lowest BCUT2D eigenvalue weighted by Gasteiger charge is -2.30. The van der Waals surface area contributed by atoms with E-state index in [1.165, 1.54) is 17.5 Å². The fraction of sp³-hybridized carbons (Fsp3) is 0.316. The Morgan fingerprint density at radius 2 is 1.82 bits per heavy atom. The average Bonchev–Trinajstić information content (AvgIpc) is 2.69. The van der Waals surface area contributed by atoms with E-state index < -0.39 is 15.8 Å². The molecule has 0 saturated carbocycles. The fourth-order valence-corrected chi connectivity index (χ4v) is 5.12. The number of sulfonamides is 1. The van der Waals surface area contributed by atoms with Crippen molar-refractivity contribution in [1.29, 1.82) is 0 Å². The number of carbonyl (C=O) groups is 1. The summed E-state index contributed by atoms with van der Waals surface area (Å²) in [6.07, 6.45) is 0.792. The summed E-state index contributed by atoms with van der Waals surface area (Å²) < 4.78 is 46.8. The van der Waals surface area contributed by atoms with Crippen molar-refractivity contribution >= 4 is 44.2 Å². The molecule has 0 aliphatic carbocycles. The van der Waals surface area contributed by atoms with E-state index in [1.54, 1.807) is 0 Å². The molecule has 2 aromatic rings. The van der Waals surface area contributed by atoms with Gasteiger partial charge in [-0.25, -0.2) is 12.8 Å². The molecule has 1 aliphatic heterocycles. The van der Waals surface area contributed by atoms with Crippen molar-refractivity contribution < 1.29 is 22.3 Å². The number of methoxy groups -OCH3 is 1. The summed E-state index contributed by atoms with van der Waals surface area (Å²) in [5, 5.41) is 2.87. The second-order valence-corrected chi connectivity index (χ2v) is 9.62. The first-order valence-electron chi connectivity index (χ1n) is 8.71. The van der Waals surface area contributed by atoms with Crippen LogP contribution >= 0.6 is 22.6 Å². The predicted molar refractivity (Wildman–Crippen MR) is 112 cm³/mol. The molecule has 150 valence electrons. The van der Waals surface area contributed by atoms with Gasteiger partial charge in [-0.1, -0.05) is 0 Å². The van der Waals surface area contributed by atoms with Crippen LogP contribution in [0.4, 0.5) is 10.1 Å². The molecule has 6 nitrogen and oxygen atoms in total. The van der Waals surface area contributed by atoms with Crippen LogP contribution in [0, 0.1) is 15.3 Å². The van der Waals surface area contributed by atoms with Crippen molar-refractivity contribution in [3.05, 3.63) is 51.9 Å². The maximum Gasteiger partial charge on any atom is 0.246 e.